The summed E-state index contributed by atoms with van der Waals surface area (Å²) in [6.45, 7) is 3.68. The van der Waals surface area contributed by atoms with E-state index >= 15 is 0 Å². The minimum Gasteiger partial charge on any atom is -0.300 e. The number of aromatic nitrogens is 1. The molecule has 3 nitrogen and oxygen atoms in total. The van der Waals surface area contributed by atoms with Crippen LogP contribution in [-0.2, 0) is 24.1 Å². The van der Waals surface area contributed by atoms with Gasteiger partial charge in [-0.3, -0.25) is 9.59 Å². The Morgan fingerprint density at radius 3 is 2.27 bits per heavy atom. The van der Waals surface area contributed by atoms with Crippen LogP contribution in [0.3, 0.4) is 0 Å². The molecular formula is C22H21NO2S. The van der Waals surface area contributed by atoms with Crippen molar-refractivity contribution in [2.24, 2.45) is 0 Å². The van der Waals surface area contributed by atoms with Crippen LogP contribution in [0.25, 0.3) is 11.3 Å². The molecule has 0 spiro atoms. The lowest BCUT2D eigenvalue weighted by Crippen LogP contribution is -2.04. The van der Waals surface area contributed by atoms with Crippen molar-refractivity contribution < 1.29 is 9.59 Å². The Kier molecular flexibility index (Phi) is 5.74. The van der Waals surface area contributed by atoms with Crippen LogP contribution in [0.4, 0.5) is 0 Å². The highest BCUT2D eigenvalue weighted by Gasteiger charge is 2.15. The first-order chi connectivity index (χ1) is 12.6. The Morgan fingerprint density at radius 1 is 0.962 bits per heavy atom. The molecule has 0 atom stereocenters. The van der Waals surface area contributed by atoms with Crippen LogP contribution in [0.5, 0.6) is 0 Å². The van der Waals surface area contributed by atoms with Crippen LogP contribution in [-0.4, -0.2) is 16.6 Å². The molecule has 3 rings (SSSR count). The summed E-state index contributed by atoms with van der Waals surface area (Å²) in [4.78, 5) is 29.7. The first kappa shape index (κ1) is 18.2. The average Bonchev–Trinajstić information content (AvgIpc) is 3.05. The highest BCUT2D eigenvalue weighted by Crippen LogP contribution is 2.29. The number of hydrogen-bond acceptors (Lipinski definition) is 4. The van der Waals surface area contributed by atoms with Gasteiger partial charge in [0.05, 0.1) is 12.1 Å². The zero-order valence-electron chi connectivity index (χ0n) is 15.0. The van der Waals surface area contributed by atoms with E-state index in [1.54, 1.807) is 30.4 Å². The SMILES string of the molecule is CCc1sc(CC(=O)c2ccc(CC(C)=O)cc2)nc1-c1ccccc1. The van der Waals surface area contributed by atoms with E-state index < -0.39 is 0 Å². The van der Waals surface area contributed by atoms with Crippen molar-refractivity contribution in [3.63, 3.8) is 0 Å². The molecule has 0 unspecified atom stereocenters. The van der Waals surface area contributed by atoms with Crippen molar-refractivity contribution in [2.75, 3.05) is 0 Å². The molecule has 2 aromatic carbocycles. The summed E-state index contributed by atoms with van der Waals surface area (Å²) in [6.07, 6.45) is 1.60. The maximum Gasteiger partial charge on any atom is 0.169 e. The molecule has 0 aliphatic heterocycles. The van der Waals surface area contributed by atoms with Crippen LogP contribution in [0.1, 0.15) is 39.7 Å². The fourth-order valence-corrected chi connectivity index (χ4v) is 3.90. The lowest BCUT2D eigenvalue weighted by molar-refractivity contribution is -0.116. The fourth-order valence-electron chi connectivity index (χ4n) is 2.87. The number of aryl methyl sites for hydroxylation is 1. The molecule has 0 radical (unpaired) electrons. The van der Waals surface area contributed by atoms with Gasteiger partial charge in [0, 0.05) is 22.4 Å². The van der Waals surface area contributed by atoms with Crippen molar-refractivity contribution in [3.8, 4) is 11.3 Å². The number of benzene rings is 2. The number of rotatable bonds is 7. The Balaban J connectivity index is 1.77. The number of thiazole rings is 1. The van der Waals surface area contributed by atoms with Crippen molar-refractivity contribution in [2.45, 2.75) is 33.1 Å². The highest BCUT2D eigenvalue weighted by atomic mass is 32.1. The molecule has 0 fully saturated rings. The lowest BCUT2D eigenvalue weighted by atomic mass is 10.0. The van der Waals surface area contributed by atoms with E-state index in [-0.39, 0.29) is 11.6 Å². The Labute approximate surface area is 157 Å². The normalized spacial score (nSPS) is 10.7. The molecule has 0 aliphatic carbocycles. The van der Waals surface area contributed by atoms with Gasteiger partial charge in [0.15, 0.2) is 5.78 Å². The standard InChI is InChI=1S/C22H21NO2S/c1-3-20-22(18-7-5-4-6-8-18)23-21(26-20)14-19(25)17-11-9-16(10-12-17)13-15(2)24/h4-12H,3,13-14H2,1-2H3. The molecule has 1 heterocycles. The monoisotopic (exact) mass is 363 g/mol. The Bertz CT molecular complexity index is 911. The molecule has 0 saturated carbocycles. The van der Waals surface area contributed by atoms with Crippen molar-refractivity contribution in [3.05, 3.63) is 75.6 Å². The fraction of sp³-hybridized carbons (Fsp3) is 0.227. The molecule has 0 N–H and O–H groups in total. The van der Waals surface area contributed by atoms with E-state index in [2.05, 4.69) is 6.92 Å². The van der Waals surface area contributed by atoms with Crippen LogP contribution in [0.2, 0.25) is 0 Å². The molecule has 0 aliphatic rings. The molecule has 26 heavy (non-hydrogen) atoms. The zero-order valence-corrected chi connectivity index (χ0v) is 15.8. The Morgan fingerprint density at radius 2 is 1.65 bits per heavy atom. The van der Waals surface area contributed by atoms with E-state index in [0.717, 1.165) is 28.2 Å². The minimum atomic E-state index is 0.0513. The maximum atomic E-state index is 12.6. The van der Waals surface area contributed by atoms with Gasteiger partial charge in [0.25, 0.3) is 0 Å². The maximum absolute atomic E-state index is 12.6. The minimum absolute atomic E-state index is 0.0513. The van der Waals surface area contributed by atoms with Crippen LogP contribution in [0, 0.1) is 0 Å². The Hall–Kier alpha value is -2.59. The van der Waals surface area contributed by atoms with Gasteiger partial charge >= 0.3 is 0 Å². The van der Waals surface area contributed by atoms with Gasteiger partial charge in [-0.05, 0) is 18.9 Å². The third kappa shape index (κ3) is 4.33. The van der Waals surface area contributed by atoms with Crippen molar-refractivity contribution in [1.29, 1.82) is 0 Å². The second-order valence-electron chi connectivity index (χ2n) is 6.27. The summed E-state index contributed by atoms with van der Waals surface area (Å²) in [5.41, 5.74) is 3.67. The second-order valence-corrected chi connectivity index (χ2v) is 7.44. The number of Topliss-reactive ketones (excluding diaryl/α,β-unsaturated/α-hetero) is 2. The first-order valence-corrected chi connectivity index (χ1v) is 9.54. The quantitative estimate of drug-likeness (QED) is 0.559. The third-order valence-corrected chi connectivity index (χ3v) is 5.35. The number of hydrogen-bond donors (Lipinski definition) is 0. The van der Waals surface area contributed by atoms with E-state index in [1.807, 2.05) is 42.5 Å². The number of nitrogens with zero attached hydrogens (tertiary/aromatic N) is 1. The molecule has 3 aromatic rings. The highest BCUT2D eigenvalue weighted by molar-refractivity contribution is 7.12. The van der Waals surface area contributed by atoms with E-state index in [4.69, 9.17) is 4.98 Å². The van der Waals surface area contributed by atoms with E-state index in [9.17, 15) is 9.59 Å². The number of carbonyl (C=O) groups is 2. The van der Waals surface area contributed by atoms with Crippen LogP contribution < -0.4 is 0 Å². The van der Waals surface area contributed by atoms with Gasteiger partial charge in [-0.1, -0.05) is 61.5 Å². The summed E-state index contributed by atoms with van der Waals surface area (Å²) in [7, 11) is 0. The van der Waals surface area contributed by atoms with Gasteiger partial charge in [-0.15, -0.1) is 11.3 Å². The van der Waals surface area contributed by atoms with Gasteiger partial charge in [0.1, 0.15) is 10.8 Å². The largest absolute Gasteiger partial charge is 0.300 e. The van der Waals surface area contributed by atoms with Crippen LogP contribution in [0.15, 0.2) is 54.6 Å². The van der Waals surface area contributed by atoms with Crippen molar-refractivity contribution >= 4 is 22.9 Å². The summed E-state index contributed by atoms with van der Waals surface area (Å²) >= 11 is 1.61. The molecular weight excluding hydrogens is 342 g/mol. The van der Waals surface area contributed by atoms with Gasteiger partial charge in [-0.25, -0.2) is 4.98 Å². The molecule has 0 saturated heterocycles. The first-order valence-electron chi connectivity index (χ1n) is 8.72. The van der Waals surface area contributed by atoms with Gasteiger partial charge in [-0.2, -0.15) is 0 Å². The summed E-state index contributed by atoms with van der Waals surface area (Å²) < 4.78 is 0. The predicted molar refractivity (Wildman–Crippen MR) is 106 cm³/mol. The number of carbonyl (C=O) groups excluding carboxylic acids is 2. The van der Waals surface area contributed by atoms with Gasteiger partial charge < -0.3 is 0 Å². The van der Waals surface area contributed by atoms with E-state index in [0.29, 0.717) is 18.4 Å². The van der Waals surface area contributed by atoms with E-state index in [1.165, 1.54) is 4.88 Å². The van der Waals surface area contributed by atoms with Gasteiger partial charge in [0.2, 0.25) is 0 Å². The lowest BCUT2D eigenvalue weighted by Gasteiger charge is -2.01. The average molecular weight is 363 g/mol. The molecule has 4 heteroatoms. The number of ketones is 2. The smallest absolute Gasteiger partial charge is 0.169 e. The summed E-state index contributed by atoms with van der Waals surface area (Å²) in [5.74, 6) is 0.169. The molecule has 1 aromatic heterocycles. The topological polar surface area (TPSA) is 47.0 Å². The summed E-state index contributed by atoms with van der Waals surface area (Å²) in [6, 6.07) is 17.4. The summed E-state index contributed by atoms with van der Waals surface area (Å²) in [5, 5.41) is 0.846. The second kappa shape index (κ2) is 8.19. The predicted octanol–water partition coefficient (Wildman–Crippen LogP) is 4.93. The third-order valence-electron chi connectivity index (χ3n) is 4.15. The molecule has 132 valence electrons. The molecule has 0 amide bonds. The van der Waals surface area contributed by atoms with Crippen molar-refractivity contribution in [1.82, 2.24) is 4.98 Å². The molecule has 0 bridgehead atoms. The zero-order chi connectivity index (χ0) is 18.5. The van der Waals surface area contributed by atoms with Crippen LogP contribution >= 0.6 is 11.3 Å².